The largest absolute Gasteiger partial charge is 0.422 e. The van der Waals surface area contributed by atoms with E-state index in [4.69, 9.17) is 0 Å². The van der Waals surface area contributed by atoms with Crippen LogP contribution in [0.1, 0.15) is 122 Å². The van der Waals surface area contributed by atoms with Gasteiger partial charge in [-0.05, 0) is 101 Å². The summed E-state index contributed by atoms with van der Waals surface area (Å²) in [7, 11) is 0. The summed E-state index contributed by atoms with van der Waals surface area (Å²) in [4.78, 5) is 0. The van der Waals surface area contributed by atoms with Gasteiger partial charge in [-0.3, -0.25) is 0 Å². The number of hydrogen-bond acceptors (Lipinski definition) is 0. The summed E-state index contributed by atoms with van der Waals surface area (Å²) >= 11 is 0. The lowest BCUT2D eigenvalue weighted by molar-refractivity contribution is -0.254. The third-order valence-corrected chi connectivity index (χ3v) is 10.5. The third kappa shape index (κ3) is 10.8. The number of allylic oxidation sites excluding steroid dienone is 20. The summed E-state index contributed by atoms with van der Waals surface area (Å²) in [5, 5.41) is 0. The lowest BCUT2D eigenvalue weighted by atomic mass is 9.52. The summed E-state index contributed by atoms with van der Waals surface area (Å²) in [5.74, 6) is -1.28. The van der Waals surface area contributed by atoms with Gasteiger partial charge in [0.1, 0.15) is 0 Å². The van der Waals surface area contributed by atoms with Crippen molar-refractivity contribution < 1.29 is 17.6 Å². The molecule has 1 atom stereocenters. The van der Waals surface area contributed by atoms with Crippen molar-refractivity contribution in [2.75, 3.05) is 0 Å². The Morgan fingerprint density at radius 3 is 0.860 bits per heavy atom. The third-order valence-electron chi connectivity index (χ3n) is 10.5. The van der Waals surface area contributed by atoms with Crippen molar-refractivity contribution in [1.29, 1.82) is 0 Å². The van der Waals surface area contributed by atoms with E-state index in [9.17, 15) is 13.2 Å². The second-order valence-electron chi connectivity index (χ2n) is 14.4. The number of alkyl halides is 4. The minimum absolute atomic E-state index is 0.166. The molecule has 0 aromatic rings. The number of hydrogen-bond donors (Lipinski definition) is 0. The van der Waals surface area contributed by atoms with Crippen LogP contribution in [-0.4, -0.2) is 11.8 Å². The van der Waals surface area contributed by atoms with E-state index in [2.05, 4.69) is 79.8 Å². The van der Waals surface area contributed by atoms with Crippen molar-refractivity contribution in [2.24, 2.45) is 33.0 Å². The van der Waals surface area contributed by atoms with Crippen molar-refractivity contribution in [3.05, 3.63) is 122 Å². The highest BCUT2D eigenvalue weighted by molar-refractivity contribution is 5.34. The van der Waals surface area contributed by atoms with Crippen LogP contribution in [0.3, 0.4) is 0 Å². The molecule has 4 heteroatoms. The maximum absolute atomic E-state index is 16.7. The average Bonchev–Trinajstić information content (AvgIpc) is 3.02. The van der Waals surface area contributed by atoms with Gasteiger partial charge in [0.2, 0.25) is 5.67 Å². The maximum atomic E-state index is 16.7. The first kappa shape index (κ1) is 47.1. The first-order valence-electron chi connectivity index (χ1n) is 18.6. The Balaban J connectivity index is 8.25. The molecular weight excluding hydrogens is 628 g/mol. The fraction of sp³-hybridized carbons (Fsp3) is 0.565. The van der Waals surface area contributed by atoms with Gasteiger partial charge >= 0.3 is 6.18 Å². The van der Waals surface area contributed by atoms with Crippen LogP contribution in [0.2, 0.25) is 0 Å². The fourth-order valence-electron chi connectivity index (χ4n) is 8.25. The molecule has 0 saturated carbocycles. The van der Waals surface area contributed by atoms with Crippen molar-refractivity contribution in [3.8, 4) is 0 Å². The monoisotopic (exact) mass is 699 g/mol. The normalized spacial score (nSPS) is 21.6. The van der Waals surface area contributed by atoms with Gasteiger partial charge < -0.3 is 0 Å². The zero-order valence-corrected chi connectivity index (χ0v) is 33.7. The quantitative estimate of drug-likeness (QED) is 0.0827. The summed E-state index contributed by atoms with van der Waals surface area (Å²) in [6.45, 7) is 24.5. The van der Waals surface area contributed by atoms with Crippen molar-refractivity contribution in [2.45, 2.75) is 134 Å². The molecule has 0 aliphatic heterocycles. The molecule has 0 N–H and O–H groups in total. The van der Waals surface area contributed by atoms with Crippen LogP contribution in [-0.2, 0) is 0 Å². The maximum Gasteiger partial charge on any atom is 0.422 e. The molecule has 0 rings (SSSR count). The average molecular weight is 699 g/mol. The van der Waals surface area contributed by atoms with E-state index in [1.807, 2.05) is 79.7 Å². The van der Waals surface area contributed by atoms with Crippen LogP contribution in [0.25, 0.3) is 0 Å². The van der Waals surface area contributed by atoms with E-state index < -0.39 is 45.8 Å². The van der Waals surface area contributed by atoms with Crippen molar-refractivity contribution in [1.82, 2.24) is 0 Å². The van der Waals surface area contributed by atoms with Gasteiger partial charge in [-0.2, -0.15) is 13.2 Å². The predicted octanol–water partition coefficient (Wildman–Crippen LogP) is 15.6. The molecule has 0 nitrogen and oxygen atoms in total. The van der Waals surface area contributed by atoms with Gasteiger partial charge in [0.15, 0.2) is 0 Å². The Kier molecular flexibility index (Phi) is 19.6. The SMILES string of the molecule is CC=CC(C)(C=CC)CCC(C=CC)(C=CC)C(C=CC)(C=CC)CCC(C=CC)(C=CC)C(C=CC)(C=CC)CC(F)(C(C)C)C(F)(F)F. The molecule has 0 fully saturated rings. The molecular formula is C46H70F4. The Labute approximate surface area is 305 Å². The molecule has 0 amide bonds. The molecule has 0 radical (unpaired) electrons. The van der Waals surface area contributed by atoms with Gasteiger partial charge in [-0.15, -0.1) is 0 Å². The summed E-state index contributed by atoms with van der Waals surface area (Å²) in [6.07, 6.45) is 38.1. The Bertz CT molecular complexity index is 1230. The predicted molar refractivity (Wildman–Crippen MR) is 214 cm³/mol. The standard InChI is InChI=1S/C46H70F4/c1-14-24-40(13,25-15-2)34-35-41(26-16-3,27-17-4)42(28-18-5,29-19-6)36-37-43(30-20-7,31-21-8)44(32-22-9,33-23-10)38-45(47,39(11)12)46(48,49)50/h14-33,39H,34-38H2,1-13H3. The highest BCUT2D eigenvalue weighted by atomic mass is 19.4. The molecule has 0 saturated heterocycles. The van der Waals surface area contributed by atoms with Crippen LogP contribution < -0.4 is 0 Å². The first-order valence-corrected chi connectivity index (χ1v) is 18.6. The molecule has 0 aliphatic rings. The Morgan fingerprint density at radius 2 is 0.620 bits per heavy atom. The summed E-state index contributed by atoms with van der Waals surface area (Å²) < 4.78 is 61.2. The van der Waals surface area contributed by atoms with E-state index in [-0.39, 0.29) is 5.41 Å². The molecule has 0 heterocycles. The summed E-state index contributed by atoms with van der Waals surface area (Å²) in [5.41, 5.74) is -6.96. The smallest absolute Gasteiger partial charge is 0.234 e. The van der Waals surface area contributed by atoms with Crippen LogP contribution in [0.4, 0.5) is 17.6 Å². The lowest BCUT2D eigenvalue weighted by Gasteiger charge is -2.52. The van der Waals surface area contributed by atoms with Gasteiger partial charge in [0.05, 0.1) is 0 Å². The highest BCUT2D eigenvalue weighted by Crippen LogP contribution is 2.61. The fourth-order valence-corrected chi connectivity index (χ4v) is 8.25. The van der Waals surface area contributed by atoms with E-state index in [1.54, 1.807) is 38.2 Å². The zero-order valence-electron chi connectivity index (χ0n) is 33.7. The molecule has 50 heavy (non-hydrogen) atoms. The summed E-state index contributed by atoms with van der Waals surface area (Å²) in [6, 6.07) is 0. The van der Waals surface area contributed by atoms with Gasteiger partial charge in [0.25, 0.3) is 0 Å². The van der Waals surface area contributed by atoms with Gasteiger partial charge in [-0.1, -0.05) is 142 Å². The Hall–Kier alpha value is -2.88. The van der Waals surface area contributed by atoms with E-state index in [0.717, 1.165) is 12.8 Å². The topological polar surface area (TPSA) is 0 Å². The minimum atomic E-state index is -5.05. The van der Waals surface area contributed by atoms with Crippen LogP contribution in [0, 0.1) is 33.0 Å². The lowest BCUT2D eigenvalue weighted by Crippen LogP contribution is -2.52. The van der Waals surface area contributed by atoms with Crippen LogP contribution >= 0.6 is 0 Å². The second-order valence-corrected chi connectivity index (χ2v) is 14.4. The Morgan fingerprint density at radius 1 is 0.380 bits per heavy atom. The molecule has 0 aromatic carbocycles. The van der Waals surface area contributed by atoms with Crippen LogP contribution in [0.5, 0.6) is 0 Å². The number of rotatable bonds is 21. The van der Waals surface area contributed by atoms with E-state index in [0.29, 0.717) is 12.8 Å². The van der Waals surface area contributed by atoms with Crippen LogP contribution in [0.15, 0.2) is 122 Å². The van der Waals surface area contributed by atoms with Gasteiger partial charge in [-0.25, -0.2) is 4.39 Å². The molecule has 0 bridgehead atoms. The van der Waals surface area contributed by atoms with Gasteiger partial charge in [0, 0.05) is 33.5 Å². The molecule has 0 spiro atoms. The van der Waals surface area contributed by atoms with E-state index in [1.165, 1.54) is 13.8 Å². The zero-order chi connectivity index (χ0) is 38.8. The van der Waals surface area contributed by atoms with E-state index >= 15 is 4.39 Å². The first-order chi connectivity index (χ1) is 23.4. The highest BCUT2D eigenvalue weighted by Gasteiger charge is 2.63. The molecule has 0 aromatic heterocycles. The van der Waals surface area contributed by atoms with Crippen molar-refractivity contribution >= 4 is 0 Å². The molecule has 0 aliphatic carbocycles. The molecule has 282 valence electrons. The van der Waals surface area contributed by atoms with Crippen molar-refractivity contribution in [3.63, 3.8) is 0 Å². The molecule has 1 unspecified atom stereocenters. The number of halogens is 4. The second kappa shape index (κ2) is 20.8. The minimum Gasteiger partial charge on any atom is -0.234 e.